The summed E-state index contributed by atoms with van der Waals surface area (Å²) < 4.78 is 6.59. The molecule has 3 aromatic rings. The van der Waals surface area contributed by atoms with E-state index in [-0.39, 0.29) is 12.4 Å². The molecular formula is C18H16N4O3. The van der Waals surface area contributed by atoms with Gasteiger partial charge in [0.2, 0.25) is 5.78 Å². The molecule has 2 aromatic carbocycles. The summed E-state index contributed by atoms with van der Waals surface area (Å²) in [6.45, 7) is 3.45. The first kappa shape index (κ1) is 16.5. The molecule has 7 nitrogen and oxygen atoms in total. The van der Waals surface area contributed by atoms with Gasteiger partial charge < -0.3 is 4.74 Å². The van der Waals surface area contributed by atoms with Crippen LogP contribution in [0.3, 0.4) is 0 Å². The molecule has 0 bridgehead atoms. The molecule has 1 aromatic heterocycles. The van der Waals surface area contributed by atoms with Crippen molar-refractivity contribution in [3.63, 3.8) is 0 Å². The predicted molar refractivity (Wildman–Crippen MR) is 89.7 cm³/mol. The minimum atomic E-state index is -0.575. The van der Waals surface area contributed by atoms with Crippen molar-refractivity contribution in [2.24, 2.45) is 0 Å². The lowest BCUT2D eigenvalue weighted by Gasteiger charge is -2.08. The van der Waals surface area contributed by atoms with Gasteiger partial charge in [0.15, 0.2) is 6.61 Å². The van der Waals surface area contributed by atoms with Crippen molar-refractivity contribution < 1.29 is 14.3 Å². The average molecular weight is 336 g/mol. The Labute approximate surface area is 144 Å². The Morgan fingerprint density at radius 1 is 1.12 bits per heavy atom. The lowest BCUT2D eigenvalue weighted by molar-refractivity contribution is 0.0474. The van der Waals surface area contributed by atoms with Crippen molar-refractivity contribution in [1.29, 1.82) is 0 Å². The van der Waals surface area contributed by atoms with Crippen LogP contribution < -0.4 is 0 Å². The number of carbonyl (C=O) groups excluding carboxylic acids is 2. The van der Waals surface area contributed by atoms with E-state index in [9.17, 15) is 9.59 Å². The zero-order valence-corrected chi connectivity index (χ0v) is 13.8. The van der Waals surface area contributed by atoms with E-state index in [2.05, 4.69) is 15.5 Å². The summed E-state index contributed by atoms with van der Waals surface area (Å²) in [6.07, 6.45) is 1.43. The van der Waals surface area contributed by atoms with Crippen LogP contribution in [-0.4, -0.2) is 38.6 Å². The number of rotatable bonds is 5. The van der Waals surface area contributed by atoms with Gasteiger partial charge in [0.05, 0.1) is 11.3 Å². The molecular weight excluding hydrogens is 320 g/mol. The number of nitrogens with zero attached hydrogens (tertiary/aromatic N) is 4. The summed E-state index contributed by atoms with van der Waals surface area (Å²) in [6, 6.07) is 12.3. The van der Waals surface area contributed by atoms with Gasteiger partial charge in [-0.2, -0.15) is 0 Å². The second-order valence-corrected chi connectivity index (χ2v) is 5.62. The SMILES string of the molecule is Cc1ccc(C)c(C(=O)COC(=O)c2cccc(-n3cnnn3)c2)c1. The van der Waals surface area contributed by atoms with Crippen molar-refractivity contribution in [2.45, 2.75) is 13.8 Å². The molecule has 3 rings (SSSR count). The molecule has 126 valence electrons. The predicted octanol–water partition coefficient (Wildman–Crippen LogP) is 2.32. The number of tetrazole rings is 1. The van der Waals surface area contributed by atoms with Crippen molar-refractivity contribution in [3.05, 3.63) is 71.0 Å². The molecule has 0 aliphatic carbocycles. The molecule has 0 unspecified atom stereocenters. The molecule has 0 fully saturated rings. The standard InChI is InChI=1S/C18H16N4O3/c1-12-6-7-13(2)16(8-12)17(23)10-25-18(24)14-4-3-5-15(9-14)22-11-19-20-21-22/h3-9,11H,10H2,1-2H3. The fourth-order valence-electron chi connectivity index (χ4n) is 2.38. The number of esters is 1. The zero-order valence-electron chi connectivity index (χ0n) is 13.8. The van der Waals surface area contributed by atoms with Gasteiger partial charge in [-0.1, -0.05) is 23.8 Å². The van der Waals surface area contributed by atoms with Crippen molar-refractivity contribution in [2.75, 3.05) is 6.61 Å². The van der Waals surface area contributed by atoms with E-state index < -0.39 is 5.97 Å². The largest absolute Gasteiger partial charge is 0.454 e. The number of aryl methyl sites for hydroxylation is 2. The molecule has 7 heteroatoms. The third-order valence-corrected chi connectivity index (χ3v) is 3.72. The molecule has 0 aliphatic heterocycles. The summed E-state index contributed by atoms with van der Waals surface area (Å²) in [4.78, 5) is 24.5. The minimum Gasteiger partial charge on any atom is -0.454 e. The first-order valence-electron chi connectivity index (χ1n) is 7.65. The maximum Gasteiger partial charge on any atom is 0.338 e. The van der Waals surface area contributed by atoms with E-state index in [1.165, 1.54) is 11.0 Å². The quantitative estimate of drug-likeness (QED) is 0.525. The molecule has 0 atom stereocenters. The normalized spacial score (nSPS) is 10.5. The number of Topliss-reactive ketones (excluding diaryl/α,β-unsaturated/α-hetero) is 1. The Bertz CT molecular complexity index is 920. The molecule has 0 amide bonds. The first-order valence-corrected chi connectivity index (χ1v) is 7.65. The summed E-state index contributed by atoms with van der Waals surface area (Å²) in [5.74, 6) is -0.806. The number of carbonyl (C=O) groups is 2. The minimum absolute atomic E-state index is 0.230. The van der Waals surface area contributed by atoms with E-state index in [4.69, 9.17) is 4.74 Å². The average Bonchev–Trinajstić information content (AvgIpc) is 3.16. The third kappa shape index (κ3) is 3.77. The number of ketones is 1. The molecule has 0 radical (unpaired) electrons. The van der Waals surface area contributed by atoms with Gasteiger partial charge in [0, 0.05) is 5.56 Å². The summed E-state index contributed by atoms with van der Waals surface area (Å²) in [5, 5.41) is 10.9. The van der Waals surface area contributed by atoms with Crippen LogP contribution in [-0.2, 0) is 4.74 Å². The van der Waals surface area contributed by atoms with Crippen LogP contribution in [0, 0.1) is 13.8 Å². The monoisotopic (exact) mass is 336 g/mol. The fraction of sp³-hybridized carbons (Fsp3) is 0.167. The van der Waals surface area contributed by atoms with Gasteiger partial charge in [-0.3, -0.25) is 4.79 Å². The topological polar surface area (TPSA) is 87.0 Å². The molecule has 0 saturated carbocycles. The number of hydrogen-bond donors (Lipinski definition) is 0. The van der Waals surface area contributed by atoms with E-state index in [0.29, 0.717) is 16.8 Å². The second kappa shape index (κ2) is 7.04. The smallest absolute Gasteiger partial charge is 0.338 e. The maximum atomic E-state index is 12.3. The van der Waals surface area contributed by atoms with Gasteiger partial charge >= 0.3 is 5.97 Å². The van der Waals surface area contributed by atoms with E-state index >= 15 is 0 Å². The van der Waals surface area contributed by atoms with Crippen LogP contribution in [0.5, 0.6) is 0 Å². The second-order valence-electron chi connectivity index (χ2n) is 5.62. The van der Waals surface area contributed by atoms with Crippen LogP contribution in [0.4, 0.5) is 0 Å². The van der Waals surface area contributed by atoms with Crippen LogP contribution in [0.25, 0.3) is 5.69 Å². The summed E-state index contributed by atoms with van der Waals surface area (Å²) in [5.41, 5.74) is 3.35. The lowest BCUT2D eigenvalue weighted by Crippen LogP contribution is -2.15. The van der Waals surface area contributed by atoms with Gasteiger partial charge in [-0.25, -0.2) is 9.48 Å². The Balaban J connectivity index is 1.70. The molecule has 0 spiro atoms. The van der Waals surface area contributed by atoms with Gasteiger partial charge in [-0.15, -0.1) is 5.10 Å². The highest BCUT2D eigenvalue weighted by Gasteiger charge is 2.14. The van der Waals surface area contributed by atoms with Gasteiger partial charge in [0.25, 0.3) is 0 Å². The highest BCUT2D eigenvalue weighted by molar-refractivity contribution is 6.00. The Kier molecular flexibility index (Phi) is 4.65. The van der Waals surface area contributed by atoms with Crippen LogP contribution in [0.15, 0.2) is 48.8 Å². The third-order valence-electron chi connectivity index (χ3n) is 3.72. The molecule has 1 heterocycles. The number of aromatic nitrogens is 4. The summed E-state index contributed by atoms with van der Waals surface area (Å²) in [7, 11) is 0. The Hall–Kier alpha value is -3.35. The van der Waals surface area contributed by atoms with Crippen LogP contribution in [0.2, 0.25) is 0 Å². The van der Waals surface area contributed by atoms with Crippen molar-refractivity contribution >= 4 is 11.8 Å². The lowest BCUT2D eigenvalue weighted by atomic mass is 10.0. The van der Waals surface area contributed by atoms with E-state index in [0.717, 1.165) is 11.1 Å². The van der Waals surface area contributed by atoms with Crippen molar-refractivity contribution in [3.8, 4) is 5.69 Å². The first-order chi connectivity index (χ1) is 12.0. The van der Waals surface area contributed by atoms with Gasteiger partial charge in [0.1, 0.15) is 6.33 Å². The van der Waals surface area contributed by atoms with Gasteiger partial charge in [-0.05, 0) is 54.1 Å². The Morgan fingerprint density at radius 3 is 2.72 bits per heavy atom. The molecule has 0 aliphatic rings. The summed E-state index contributed by atoms with van der Waals surface area (Å²) >= 11 is 0. The molecule has 0 N–H and O–H groups in total. The molecule has 0 saturated heterocycles. The van der Waals surface area contributed by atoms with E-state index in [1.54, 1.807) is 30.3 Å². The number of benzene rings is 2. The molecule has 25 heavy (non-hydrogen) atoms. The highest BCUT2D eigenvalue weighted by atomic mass is 16.5. The Morgan fingerprint density at radius 2 is 1.96 bits per heavy atom. The van der Waals surface area contributed by atoms with Crippen LogP contribution in [0.1, 0.15) is 31.8 Å². The maximum absolute atomic E-state index is 12.3. The highest BCUT2D eigenvalue weighted by Crippen LogP contribution is 2.13. The van der Waals surface area contributed by atoms with Crippen molar-refractivity contribution in [1.82, 2.24) is 20.2 Å². The number of hydrogen-bond acceptors (Lipinski definition) is 6. The number of ether oxygens (including phenoxy) is 1. The fourth-order valence-corrected chi connectivity index (χ4v) is 2.38. The van der Waals surface area contributed by atoms with E-state index in [1.807, 2.05) is 26.0 Å². The zero-order chi connectivity index (χ0) is 17.8. The van der Waals surface area contributed by atoms with Crippen LogP contribution >= 0.6 is 0 Å².